The number of carbonyl (C=O) groups is 1. The van der Waals surface area contributed by atoms with E-state index < -0.39 is 5.91 Å². The van der Waals surface area contributed by atoms with Crippen LogP contribution in [0.15, 0.2) is 65.1 Å². The standard InChI is InChI=1S/C26H29BrN4O2/c1-26(2)16-31(13-12-29-26)23-11-10-17(14-22(23)27)20-8-5-9-21(25(28)32)24(20)30-18-6-4-7-19(15-18)33-3/h4-11,14-15,29-30H,12-13,16H2,1-3H3,(H2,28,32). The molecule has 4 N–H and O–H groups in total. The highest BCUT2D eigenvalue weighted by molar-refractivity contribution is 9.10. The van der Waals surface area contributed by atoms with Gasteiger partial charge in [0, 0.05) is 47.0 Å². The van der Waals surface area contributed by atoms with E-state index in [0.29, 0.717) is 11.3 Å². The number of piperazine rings is 1. The molecule has 0 aliphatic carbocycles. The van der Waals surface area contributed by atoms with Crippen molar-refractivity contribution < 1.29 is 9.53 Å². The first-order valence-corrected chi connectivity index (χ1v) is 11.7. The van der Waals surface area contributed by atoms with Gasteiger partial charge in [-0.15, -0.1) is 0 Å². The molecule has 6 nitrogen and oxygen atoms in total. The molecular weight excluding hydrogens is 480 g/mol. The Hall–Kier alpha value is -3.03. The van der Waals surface area contributed by atoms with Crippen LogP contribution in [0.2, 0.25) is 0 Å². The number of methoxy groups -OCH3 is 1. The average molecular weight is 509 g/mol. The number of carbonyl (C=O) groups excluding carboxylic acids is 1. The second-order valence-electron chi connectivity index (χ2n) is 8.85. The summed E-state index contributed by atoms with van der Waals surface area (Å²) in [6.07, 6.45) is 0. The third-order valence-electron chi connectivity index (χ3n) is 5.84. The number of primary amides is 1. The summed E-state index contributed by atoms with van der Waals surface area (Å²) in [5, 5.41) is 6.94. The predicted molar refractivity (Wildman–Crippen MR) is 139 cm³/mol. The van der Waals surface area contributed by atoms with E-state index >= 15 is 0 Å². The van der Waals surface area contributed by atoms with Gasteiger partial charge in [0.05, 0.1) is 24.0 Å². The Morgan fingerprint density at radius 3 is 2.64 bits per heavy atom. The molecule has 3 aromatic carbocycles. The number of halogens is 1. The van der Waals surface area contributed by atoms with Gasteiger partial charge in [-0.3, -0.25) is 4.79 Å². The summed E-state index contributed by atoms with van der Waals surface area (Å²) >= 11 is 3.78. The second-order valence-corrected chi connectivity index (χ2v) is 9.70. The van der Waals surface area contributed by atoms with Crippen molar-refractivity contribution in [1.29, 1.82) is 0 Å². The Morgan fingerprint density at radius 2 is 1.94 bits per heavy atom. The van der Waals surface area contributed by atoms with Crippen molar-refractivity contribution in [3.63, 3.8) is 0 Å². The molecule has 0 aromatic heterocycles. The molecule has 1 amide bonds. The molecule has 33 heavy (non-hydrogen) atoms. The smallest absolute Gasteiger partial charge is 0.250 e. The molecule has 4 rings (SSSR count). The van der Waals surface area contributed by atoms with Crippen LogP contribution in [0.5, 0.6) is 5.75 Å². The fraction of sp³-hybridized carbons (Fsp3) is 0.269. The molecule has 0 radical (unpaired) electrons. The lowest BCUT2D eigenvalue weighted by Crippen LogP contribution is -2.57. The van der Waals surface area contributed by atoms with E-state index in [2.05, 4.69) is 63.5 Å². The zero-order chi connectivity index (χ0) is 23.6. The van der Waals surface area contributed by atoms with Gasteiger partial charge in [-0.25, -0.2) is 0 Å². The van der Waals surface area contributed by atoms with Crippen LogP contribution in [0.25, 0.3) is 11.1 Å². The molecule has 0 bridgehead atoms. The van der Waals surface area contributed by atoms with Gasteiger partial charge in [0.15, 0.2) is 0 Å². The Morgan fingerprint density at radius 1 is 1.15 bits per heavy atom. The largest absolute Gasteiger partial charge is 0.497 e. The highest BCUT2D eigenvalue weighted by Gasteiger charge is 2.27. The molecule has 3 aromatic rings. The first-order valence-electron chi connectivity index (χ1n) is 10.9. The molecule has 0 unspecified atom stereocenters. The average Bonchev–Trinajstić information content (AvgIpc) is 2.78. The molecule has 1 saturated heterocycles. The number of anilines is 3. The number of hydrogen-bond acceptors (Lipinski definition) is 5. The van der Waals surface area contributed by atoms with Crippen LogP contribution in [0.3, 0.4) is 0 Å². The minimum Gasteiger partial charge on any atom is -0.497 e. The van der Waals surface area contributed by atoms with E-state index in [9.17, 15) is 4.79 Å². The first-order chi connectivity index (χ1) is 15.8. The van der Waals surface area contributed by atoms with Crippen LogP contribution in [0, 0.1) is 0 Å². The number of rotatable bonds is 6. The van der Waals surface area contributed by atoms with Gasteiger partial charge in [0.2, 0.25) is 0 Å². The maximum Gasteiger partial charge on any atom is 0.250 e. The Kier molecular flexibility index (Phi) is 6.63. The molecule has 0 spiro atoms. The number of nitrogens with one attached hydrogen (secondary N) is 2. The fourth-order valence-corrected chi connectivity index (χ4v) is 4.89. The number of amides is 1. The summed E-state index contributed by atoms with van der Waals surface area (Å²) in [5.41, 5.74) is 10.7. The van der Waals surface area contributed by atoms with Crippen LogP contribution in [0.4, 0.5) is 17.1 Å². The quantitative estimate of drug-likeness (QED) is 0.428. The lowest BCUT2D eigenvalue weighted by atomic mass is 9.98. The van der Waals surface area contributed by atoms with Crippen molar-refractivity contribution in [3.8, 4) is 16.9 Å². The van der Waals surface area contributed by atoms with Crippen molar-refractivity contribution in [1.82, 2.24) is 5.32 Å². The Bertz CT molecular complexity index is 1180. The van der Waals surface area contributed by atoms with E-state index in [4.69, 9.17) is 10.5 Å². The van der Waals surface area contributed by atoms with E-state index in [0.717, 1.165) is 52.4 Å². The van der Waals surface area contributed by atoms with Crippen LogP contribution >= 0.6 is 15.9 Å². The summed E-state index contributed by atoms with van der Waals surface area (Å²) in [6, 6.07) is 19.5. The minimum absolute atomic E-state index is 0.0556. The van der Waals surface area contributed by atoms with E-state index in [1.165, 1.54) is 0 Å². The number of benzene rings is 3. The molecule has 1 heterocycles. The summed E-state index contributed by atoms with van der Waals surface area (Å²) < 4.78 is 6.35. The minimum atomic E-state index is -0.485. The van der Waals surface area contributed by atoms with Crippen LogP contribution < -0.4 is 26.0 Å². The highest BCUT2D eigenvalue weighted by Crippen LogP contribution is 2.38. The van der Waals surface area contributed by atoms with E-state index in [1.807, 2.05) is 36.4 Å². The molecule has 7 heteroatoms. The number of hydrogen-bond donors (Lipinski definition) is 3. The van der Waals surface area contributed by atoms with Crippen LogP contribution in [0.1, 0.15) is 24.2 Å². The van der Waals surface area contributed by atoms with Gasteiger partial charge in [-0.2, -0.15) is 0 Å². The third-order valence-corrected chi connectivity index (χ3v) is 6.47. The second kappa shape index (κ2) is 9.45. The van der Waals surface area contributed by atoms with E-state index in [1.54, 1.807) is 13.2 Å². The maximum absolute atomic E-state index is 12.2. The third kappa shape index (κ3) is 5.15. The fourth-order valence-electron chi connectivity index (χ4n) is 4.26. The zero-order valence-corrected chi connectivity index (χ0v) is 20.7. The van der Waals surface area contributed by atoms with Crippen molar-refractivity contribution in [3.05, 3.63) is 70.7 Å². The molecule has 1 aliphatic heterocycles. The predicted octanol–water partition coefficient (Wildman–Crippen LogP) is 5.16. The van der Waals surface area contributed by atoms with Crippen molar-refractivity contribution in [2.24, 2.45) is 5.73 Å². The number of nitrogens with two attached hydrogens (primary N) is 1. The van der Waals surface area contributed by atoms with Gasteiger partial charge in [-0.1, -0.05) is 24.3 Å². The van der Waals surface area contributed by atoms with Gasteiger partial charge < -0.3 is 26.0 Å². The molecule has 1 fully saturated rings. The number of nitrogens with zero attached hydrogens (tertiary/aromatic N) is 1. The summed E-state index contributed by atoms with van der Waals surface area (Å²) in [5.74, 6) is 0.241. The highest BCUT2D eigenvalue weighted by atomic mass is 79.9. The van der Waals surface area contributed by atoms with E-state index in [-0.39, 0.29) is 5.54 Å². The van der Waals surface area contributed by atoms with Gasteiger partial charge in [0.25, 0.3) is 5.91 Å². The molecule has 0 saturated carbocycles. The monoisotopic (exact) mass is 508 g/mol. The lowest BCUT2D eigenvalue weighted by Gasteiger charge is -2.40. The summed E-state index contributed by atoms with van der Waals surface area (Å²) in [6.45, 7) is 7.24. The normalized spacial score (nSPS) is 15.2. The van der Waals surface area contributed by atoms with Gasteiger partial charge in [-0.05, 0) is 65.7 Å². The summed E-state index contributed by atoms with van der Waals surface area (Å²) in [7, 11) is 1.63. The summed E-state index contributed by atoms with van der Waals surface area (Å²) in [4.78, 5) is 14.6. The van der Waals surface area contributed by atoms with Crippen molar-refractivity contribution >= 4 is 38.9 Å². The van der Waals surface area contributed by atoms with Gasteiger partial charge >= 0.3 is 0 Å². The molecular formula is C26H29BrN4O2. The van der Waals surface area contributed by atoms with Crippen molar-refractivity contribution in [2.45, 2.75) is 19.4 Å². The first kappa shape index (κ1) is 23.1. The molecule has 0 atom stereocenters. The van der Waals surface area contributed by atoms with Crippen LogP contribution in [-0.4, -0.2) is 38.2 Å². The zero-order valence-electron chi connectivity index (χ0n) is 19.1. The van der Waals surface area contributed by atoms with Gasteiger partial charge in [0.1, 0.15) is 5.75 Å². The SMILES string of the molecule is COc1cccc(Nc2c(C(N)=O)cccc2-c2ccc(N3CCNC(C)(C)C3)c(Br)c2)c1. The molecule has 172 valence electrons. The number of para-hydroxylation sites is 1. The van der Waals surface area contributed by atoms with Crippen molar-refractivity contribution in [2.75, 3.05) is 37.0 Å². The maximum atomic E-state index is 12.2. The Labute approximate surface area is 203 Å². The number of ether oxygens (including phenoxy) is 1. The lowest BCUT2D eigenvalue weighted by molar-refractivity contribution is 0.100. The van der Waals surface area contributed by atoms with Crippen LogP contribution in [-0.2, 0) is 0 Å². The topological polar surface area (TPSA) is 79.6 Å². The Balaban J connectivity index is 1.73. The molecule has 1 aliphatic rings.